The Morgan fingerprint density at radius 3 is 2.90 bits per heavy atom. The number of carbonyl (C=O) groups excluding carboxylic acids is 1. The largest absolute Gasteiger partial charge is 0.367 e. The van der Waals surface area contributed by atoms with Gasteiger partial charge in [0.05, 0.1) is 5.56 Å². The van der Waals surface area contributed by atoms with Gasteiger partial charge in [-0.2, -0.15) is 0 Å². The van der Waals surface area contributed by atoms with Gasteiger partial charge in [0.2, 0.25) is 0 Å². The van der Waals surface area contributed by atoms with E-state index in [9.17, 15) is 4.79 Å². The van der Waals surface area contributed by atoms with Crippen molar-refractivity contribution in [3.8, 4) is 0 Å². The molecule has 106 valence electrons. The van der Waals surface area contributed by atoms with Gasteiger partial charge in [-0.15, -0.1) is 0 Å². The molecule has 0 spiro atoms. The molecule has 4 nitrogen and oxygen atoms in total. The van der Waals surface area contributed by atoms with Crippen molar-refractivity contribution in [2.24, 2.45) is 0 Å². The van der Waals surface area contributed by atoms with Crippen molar-refractivity contribution in [2.75, 3.05) is 16.8 Å². The number of fused-ring (bicyclic) bond motifs is 1. The predicted octanol–water partition coefficient (Wildman–Crippen LogP) is 2.86. The Balaban J connectivity index is 1.66. The van der Waals surface area contributed by atoms with Gasteiger partial charge in [0.15, 0.2) is 0 Å². The number of anilines is 2. The molecular weight excluding hydrogens is 262 g/mol. The predicted molar refractivity (Wildman–Crippen MR) is 82.7 cm³/mol. The van der Waals surface area contributed by atoms with E-state index in [1.807, 2.05) is 35.2 Å². The highest BCUT2D eigenvalue weighted by Gasteiger charge is 2.29. The molecule has 1 N–H and O–H groups in total. The molecule has 4 rings (SSSR count). The first-order valence-electron chi connectivity index (χ1n) is 7.44. The lowest BCUT2D eigenvalue weighted by Gasteiger charge is -2.19. The van der Waals surface area contributed by atoms with Crippen LogP contribution in [0.15, 0.2) is 42.6 Å². The Morgan fingerprint density at radius 2 is 2.05 bits per heavy atom. The molecule has 2 heterocycles. The number of carbonyl (C=O) groups is 1. The van der Waals surface area contributed by atoms with Gasteiger partial charge in [-0.3, -0.25) is 4.79 Å². The molecule has 21 heavy (non-hydrogen) atoms. The number of hydrogen-bond donors (Lipinski definition) is 1. The Kier molecular flexibility index (Phi) is 2.88. The van der Waals surface area contributed by atoms with E-state index in [4.69, 9.17) is 0 Å². The molecule has 0 radical (unpaired) electrons. The van der Waals surface area contributed by atoms with Crippen LogP contribution in [-0.2, 0) is 6.42 Å². The van der Waals surface area contributed by atoms with Gasteiger partial charge in [0.1, 0.15) is 5.82 Å². The molecule has 1 aromatic carbocycles. The van der Waals surface area contributed by atoms with Crippen LogP contribution in [0.2, 0.25) is 0 Å². The van der Waals surface area contributed by atoms with Gasteiger partial charge in [-0.05, 0) is 43.0 Å². The monoisotopic (exact) mass is 279 g/mol. The number of aromatic nitrogens is 1. The molecule has 1 saturated carbocycles. The first-order valence-corrected chi connectivity index (χ1v) is 7.44. The van der Waals surface area contributed by atoms with Crippen molar-refractivity contribution in [2.45, 2.75) is 25.3 Å². The minimum Gasteiger partial charge on any atom is -0.367 e. The van der Waals surface area contributed by atoms with E-state index in [-0.39, 0.29) is 5.91 Å². The summed E-state index contributed by atoms with van der Waals surface area (Å²) < 4.78 is 0. The summed E-state index contributed by atoms with van der Waals surface area (Å²) >= 11 is 0. The summed E-state index contributed by atoms with van der Waals surface area (Å²) in [6.45, 7) is 0.746. The molecule has 2 aliphatic rings. The van der Waals surface area contributed by atoms with Crippen molar-refractivity contribution >= 4 is 17.4 Å². The molecule has 1 aliphatic heterocycles. The molecule has 4 heteroatoms. The van der Waals surface area contributed by atoms with Crippen LogP contribution in [-0.4, -0.2) is 23.5 Å². The van der Waals surface area contributed by atoms with Gasteiger partial charge in [-0.1, -0.05) is 18.2 Å². The molecular formula is C17H17N3O. The number of benzene rings is 1. The summed E-state index contributed by atoms with van der Waals surface area (Å²) in [5.41, 5.74) is 2.94. The highest BCUT2D eigenvalue weighted by molar-refractivity contribution is 6.10. The SMILES string of the molecule is O=C(c1cccnc1NC1CC1)N1CCc2ccccc21. The number of para-hydroxylation sites is 1. The second-order valence-electron chi connectivity index (χ2n) is 5.65. The number of rotatable bonds is 3. The quantitative estimate of drug-likeness (QED) is 0.939. The second kappa shape index (κ2) is 4.88. The average molecular weight is 279 g/mol. The molecule has 1 amide bonds. The topological polar surface area (TPSA) is 45.2 Å². The minimum atomic E-state index is 0.0381. The maximum Gasteiger partial charge on any atom is 0.262 e. The van der Waals surface area contributed by atoms with E-state index in [2.05, 4.69) is 16.4 Å². The summed E-state index contributed by atoms with van der Waals surface area (Å²) in [6.07, 6.45) is 4.99. The smallest absolute Gasteiger partial charge is 0.262 e. The first kappa shape index (κ1) is 12.4. The minimum absolute atomic E-state index is 0.0381. The summed E-state index contributed by atoms with van der Waals surface area (Å²) in [7, 11) is 0. The highest BCUT2D eigenvalue weighted by atomic mass is 16.2. The van der Waals surface area contributed by atoms with Gasteiger partial charge >= 0.3 is 0 Å². The zero-order valence-corrected chi connectivity index (χ0v) is 11.7. The van der Waals surface area contributed by atoms with Gasteiger partial charge < -0.3 is 10.2 Å². The Hall–Kier alpha value is -2.36. The Morgan fingerprint density at radius 1 is 1.19 bits per heavy atom. The molecule has 1 aliphatic carbocycles. The van der Waals surface area contributed by atoms with Crippen LogP contribution in [0.25, 0.3) is 0 Å². The fraction of sp³-hybridized carbons (Fsp3) is 0.294. The zero-order valence-electron chi connectivity index (χ0n) is 11.7. The second-order valence-corrected chi connectivity index (χ2v) is 5.65. The van der Waals surface area contributed by atoms with Crippen LogP contribution >= 0.6 is 0 Å². The highest BCUT2D eigenvalue weighted by Crippen LogP contribution is 2.31. The van der Waals surface area contributed by atoms with Crippen molar-refractivity contribution in [3.05, 3.63) is 53.7 Å². The van der Waals surface area contributed by atoms with Crippen molar-refractivity contribution in [1.29, 1.82) is 0 Å². The van der Waals surface area contributed by atoms with Gasteiger partial charge in [0, 0.05) is 24.5 Å². The number of nitrogens with zero attached hydrogens (tertiary/aromatic N) is 2. The lowest BCUT2D eigenvalue weighted by Crippen LogP contribution is -2.30. The molecule has 0 bridgehead atoms. The van der Waals surface area contributed by atoms with Crippen molar-refractivity contribution < 1.29 is 4.79 Å². The van der Waals surface area contributed by atoms with Crippen molar-refractivity contribution in [3.63, 3.8) is 0 Å². The summed E-state index contributed by atoms with van der Waals surface area (Å²) in [6, 6.07) is 12.3. The molecule has 0 atom stereocenters. The van der Waals surface area contributed by atoms with Crippen LogP contribution in [0.5, 0.6) is 0 Å². The van der Waals surface area contributed by atoms with Crippen LogP contribution < -0.4 is 10.2 Å². The van der Waals surface area contributed by atoms with Crippen molar-refractivity contribution in [1.82, 2.24) is 4.98 Å². The van der Waals surface area contributed by atoms with Gasteiger partial charge in [0.25, 0.3) is 5.91 Å². The maximum absolute atomic E-state index is 12.9. The van der Waals surface area contributed by atoms with Gasteiger partial charge in [-0.25, -0.2) is 4.98 Å². The number of amides is 1. The third kappa shape index (κ3) is 2.27. The fourth-order valence-electron chi connectivity index (χ4n) is 2.81. The first-order chi connectivity index (χ1) is 10.3. The van der Waals surface area contributed by atoms with E-state index >= 15 is 0 Å². The van der Waals surface area contributed by atoms with Crippen LogP contribution in [0.4, 0.5) is 11.5 Å². The average Bonchev–Trinajstić information content (AvgIpc) is 3.23. The lowest BCUT2D eigenvalue weighted by atomic mass is 10.1. The number of hydrogen-bond acceptors (Lipinski definition) is 3. The third-order valence-electron chi connectivity index (χ3n) is 4.09. The zero-order chi connectivity index (χ0) is 14.2. The molecule has 0 saturated heterocycles. The molecule has 0 unspecified atom stereocenters. The van der Waals surface area contributed by atoms with E-state index in [1.54, 1.807) is 6.20 Å². The summed E-state index contributed by atoms with van der Waals surface area (Å²) in [5.74, 6) is 0.755. The third-order valence-corrected chi connectivity index (χ3v) is 4.09. The van der Waals surface area contributed by atoms with E-state index in [0.717, 1.165) is 37.3 Å². The Bertz CT molecular complexity index is 694. The van der Waals surface area contributed by atoms with Crippen LogP contribution in [0, 0.1) is 0 Å². The molecule has 1 fully saturated rings. The molecule has 2 aromatic rings. The maximum atomic E-state index is 12.9. The standard InChI is InChI=1S/C17H17N3O/c21-17(20-11-9-12-4-1-2-6-15(12)20)14-5-3-10-18-16(14)19-13-7-8-13/h1-6,10,13H,7-9,11H2,(H,18,19). The van der Waals surface area contributed by atoms with E-state index in [0.29, 0.717) is 11.6 Å². The summed E-state index contributed by atoms with van der Waals surface area (Å²) in [4.78, 5) is 19.1. The van der Waals surface area contributed by atoms with E-state index < -0.39 is 0 Å². The normalized spacial score (nSPS) is 16.7. The Labute approximate surface area is 123 Å². The lowest BCUT2D eigenvalue weighted by molar-refractivity contribution is 0.0990. The number of nitrogens with one attached hydrogen (secondary N) is 1. The summed E-state index contributed by atoms with van der Waals surface area (Å²) in [5, 5.41) is 3.35. The van der Waals surface area contributed by atoms with Crippen LogP contribution in [0.3, 0.4) is 0 Å². The number of pyridine rings is 1. The van der Waals surface area contributed by atoms with Crippen LogP contribution in [0.1, 0.15) is 28.8 Å². The molecule has 1 aromatic heterocycles. The fourth-order valence-corrected chi connectivity index (χ4v) is 2.81. The van der Waals surface area contributed by atoms with E-state index in [1.165, 1.54) is 5.56 Å².